The first kappa shape index (κ1) is 15.4. The van der Waals surface area contributed by atoms with Crippen LogP contribution in [0.5, 0.6) is 0 Å². The molecule has 4 heteroatoms. The molecule has 3 nitrogen and oxygen atoms in total. The smallest absolute Gasteiger partial charge is 0.203 e. The molecule has 1 atom stereocenters. The second-order valence-corrected chi connectivity index (χ2v) is 5.11. The highest BCUT2D eigenvalue weighted by molar-refractivity contribution is 6.33. The molecule has 0 saturated heterocycles. The third-order valence-corrected chi connectivity index (χ3v) is 3.73. The fourth-order valence-corrected chi connectivity index (χ4v) is 2.47. The number of nitrogens with one attached hydrogen (secondary N) is 1. The molecular weight excluding hydrogens is 284 g/mol. The number of para-hydroxylation sites is 1. The number of hydrogen-bond acceptors (Lipinski definition) is 2. The number of nitrogens with two attached hydrogens (primary N) is 1. The van der Waals surface area contributed by atoms with Crippen molar-refractivity contribution in [3.63, 3.8) is 0 Å². The van der Waals surface area contributed by atoms with Gasteiger partial charge in [-0.2, -0.15) is 0 Å². The van der Waals surface area contributed by atoms with E-state index in [1.54, 1.807) is 0 Å². The highest BCUT2D eigenvalue weighted by Gasteiger charge is 2.24. The number of allylic oxidation sites excluding steroid dienone is 1. The zero-order chi connectivity index (χ0) is 15.1. The van der Waals surface area contributed by atoms with Crippen LogP contribution >= 0.6 is 11.6 Å². The van der Waals surface area contributed by atoms with Gasteiger partial charge in [-0.05, 0) is 11.8 Å². The lowest BCUT2D eigenvalue weighted by atomic mass is 9.93. The minimum absolute atomic E-state index is 0.00201. The van der Waals surface area contributed by atoms with E-state index in [-0.39, 0.29) is 6.10 Å². The molecule has 108 valence electrons. The molecule has 0 bridgehead atoms. The molecule has 1 unspecified atom stereocenters. The van der Waals surface area contributed by atoms with Crippen LogP contribution in [-0.2, 0) is 4.74 Å². The molecule has 1 aliphatic carbocycles. The van der Waals surface area contributed by atoms with Crippen molar-refractivity contribution < 1.29 is 9.73 Å². The average molecular weight is 302 g/mol. The van der Waals surface area contributed by atoms with Gasteiger partial charge in [-0.15, -0.1) is 6.42 Å². The predicted octanol–water partition coefficient (Wildman–Crippen LogP) is 1.62. The van der Waals surface area contributed by atoms with E-state index < -0.39 is 0 Å². The number of benzene rings is 1. The van der Waals surface area contributed by atoms with Crippen molar-refractivity contribution in [3.05, 3.63) is 52.7 Å². The number of terminal acetylenes is 1. The summed E-state index contributed by atoms with van der Waals surface area (Å²) in [4.78, 5) is 3.23. The molecule has 3 N–H and O–H groups in total. The minimum atomic E-state index is 0.00201. The highest BCUT2D eigenvalue weighted by Crippen LogP contribution is 2.32. The quantitative estimate of drug-likeness (QED) is 0.656. The van der Waals surface area contributed by atoms with Gasteiger partial charge in [0.1, 0.15) is 6.61 Å². The van der Waals surface area contributed by atoms with Gasteiger partial charge < -0.3 is 10.5 Å². The maximum Gasteiger partial charge on any atom is 0.203 e. The van der Waals surface area contributed by atoms with Crippen molar-refractivity contribution in [2.45, 2.75) is 18.9 Å². The molecule has 0 aromatic heterocycles. The molecule has 0 saturated carbocycles. The second-order valence-electron chi connectivity index (χ2n) is 4.73. The summed E-state index contributed by atoms with van der Waals surface area (Å²) in [7, 11) is 0. The molecule has 0 aliphatic heterocycles. The van der Waals surface area contributed by atoms with Gasteiger partial charge in [-0.3, -0.25) is 0 Å². The maximum absolute atomic E-state index is 6.38. The summed E-state index contributed by atoms with van der Waals surface area (Å²) in [5.41, 5.74) is 8.49. The molecule has 1 aromatic rings. The lowest BCUT2D eigenvalue weighted by Crippen LogP contribution is -2.62. The van der Waals surface area contributed by atoms with Crippen LogP contribution < -0.4 is 10.7 Å². The van der Waals surface area contributed by atoms with Crippen LogP contribution in [0.4, 0.5) is 5.69 Å². The van der Waals surface area contributed by atoms with Gasteiger partial charge in [0.05, 0.1) is 11.1 Å². The highest BCUT2D eigenvalue weighted by atomic mass is 35.5. The summed E-state index contributed by atoms with van der Waals surface area (Å²) in [6, 6.07) is 9.88. The van der Waals surface area contributed by atoms with E-state index in [1.165, 1.54) is 6.20 Å². The molecular formula is C17H18ClN2O+. The Balaban J connectivity index is 2.19. The lowest BCUT2D eigenvalue weighted by Gasteiger charge is -2.23. The molecule has 0 fully saturated rings. The zero-order valence-electron chi connectivity index (χ0n) is 11.7. The summed E-state index contributed by atoms with van der Waals surface area (Å²) in [5, 5.41) is 0.682. The summed E-state index contributed by atoms with van der Waals surface area (Å²) < 4.78 is 5.62. The van der Waals surface area contributed by atoms with E-state index in [0.717, 1.165) is 16.8 Å². The van der Waals surface area contributed by atoms with E-state index in [2.05, 4.69) is 10.9 Å². The number of hydrogen-bond donors (Lipinski definition) is 2. The van der Waals surface area contributed by atoms with Crippen LogP contribution in [0.15, 0.2) is 52.7 Å². The fraction of sp³-hybridized carbons (Fsp3) is 0.235. The minimum Gasteiger partial charge on any atom is -0.404 e. The third kappa shape index (κ3) is 4.22. The van der Waals surface area contributed by atoms with Crippen molar-refractivity contribution >= 4 is 23.5 Å². The Bertz CT molecular complexity index is 611. The Hall–Kier alpha value is -2.02. The molecule has 21 heavy (non-hydrogen) atoms. The van der Waals surface area contributed by atoms with E-state index in [0.29, 0.717) is 24.5 Å². The molecule has 0 amide bonds. The molecule has 0 heterocycles. The second kappa shape index (κ2) is 7.68. The molecule has 1 aliphatic rings. The summed E-state index contributed by atoms with van der Waals surface area (Å²) >= 11 is 6.38. The van der Waals surface area contributed by atoms with E-state index >= 15 is 0 Å². The van der Waals surface area contributed by atoms with Crippen molar-refractivity contribution in [2.24, 2.45) is 5.73 Å². The Kier molecular flexibility index (Phi) is 5.62. The predicted molar refractivity (Wildman–Crippen MR) is 86.1 cm³/mol. The Morgan fingerprint density at radius 3 is 2.81 bits per heavy atom. The van der Waals surface area contributed by atoms with Crippen LogP contribution in [0.3, 0.4) is 0 Å². The fourth-order valence-electron chi connectivity index (χ4n) is 2.20. The van der Waals surface area contributed by atoms with Gasteiger partial charge in [0.25, 0.3) is 0 Å². The Labute approximate surface area is 130 Å². The van der Waals surface area contributed by atoms with Crippen molar-refractivity contribution in [3.8, 4) is 12.3 Å². The third-order valence-electron chi connectivity index (χ3n) is 3.25. The molecule has 1 aromatic carbocycles. The zero-order valence-corrected chi connectivity index (χ0v) is 12.4. The average Bonchev–Trinajstić information content (AvgIpc) is 2.53. The SMILES string of the molecule is C#CCOC1CC(C=[NH+]c2ccccc2)=C(Cl)/C(=C/N)C1. The first-order chi connectivity index (χ1) is 10.2. The standard InChI is InChI=1S/C17H17ClN2O/c1-2-8-21-16-9-13(11-19)17(18)14(10-16)12-20-15-6-4-3-5-7-15/h1,3-7,11-12,16H,8-10,19H2/p+1/b13-11+,20-12?. The number of halogens is 1. The van der Waals surface area contributed by atoms with Crippen LogP contribution in [0.25, 0.3) is 0 Å². The Morgan fingerprint density at radius 2 is 2.14 bits per heavy atom. The van der Waals surface area contributed by atoms with Gasteiger partial charge in [0, 0.05) is 30.5 Å². The monoisotopic (exact) mass is 301 g/mol. The normalized spacial score (nSPS) is 21.0. The van der Waals surface area contributed by atoms with E-state index in [1.807, 2.05) is 36.5 Å². The van der Waals surface area contributed by atoms with Gasteiger partial charge in [-0.1, -0.05) is 35.7 Å². The van der Waals surface area contributed by atoms with Crippen LogP contribution in [0, 0.1) is 12.3 Å². The van der Waals surface area contributed by atoms with Gasteiger partial charge in [-0.25, -0.2) is 4.99 Å². The first-order valence-corrected chi connectivity index (χ1v) is 7.12. The maximum atomic E-state index is 6.38. The molecule has 0 radical (unpaired) electrons. The van der Waals surface area contributed by atoms with E-state index in [9.17, 15) is 0 Å². The molecule has 0 spiro atoms. The van der Waals surface area contributed by atoms with Gasteiger partial charge in [0.2, 0.25) is 5.69 Å². The summed E-state index contributed by atoms with van der Waals surface area (Å²) in [6.45, 7) is 0.291. The molecule has 2 rings (SSSR count). The summed E-state index contributed by atoms with van der Waals surface area (Å²) in [6.07, 6.45) is 10.1. The lowest BCUT2D eigenvalue weighted by molar-refractivity contribution is -0.347. The Morgan fingerprint density at radius 1 is 1.38 bits per heavy atom. The first-order valence-electron chi connectivity index (χ1n) is 6.74. The van der Waals surface area contributed by atoms with Crippen molar-refractivity contribution in [1.82, 2.24) is 0 Å². The van der Waals surface area contributed by atoms with Crippen LogP contribution in [-0.4, -0.2) is 18.9 Å². The topological polar surface area (TPSA) is 49.2 Å². The van der Waals surface area contributed by atoms with Crippen molar-refractivity contribution in [2.75, 3.05) is 6.61 Å². The summed E-state index contributed by atoms with van der Waals surface area (Å²) in [5.74, 6) is 2.48. The van der Waals surface area contributed by atoms with Crippen molar-refractivity contribution in [1.29, 1.82) is 0 Å². The van der Waals surface area contributed by atoms with Crippen LogP contribution in [0.2, 0.25) is 0 Å². The van der Waals surface area contributed by atoms with Gasteiger partial charge in [0.15, 0.2) is 6.21 Å². The van der Waals surface area contributed by atoms with E-state index in [4.69, 9.17) is 28.5 Å². The van der Waals surface area contributed by atoms with Crippen LogP contribution in [0.1, 0.15) is 12.8 Å². The number of ether oxygens (including phenoxy) is 1. The number of rotatable bonds is 4. The largest absolute Gasteiger partial charge is 0.404 e. The van der Waals surface area contributed by atoms with Gasteiger partial charge >= 0.3 is 0 Å².